The lowest BCUT2D eigenvalue weighted by atomic mass is 9.71. The monoisotopic (exact) mass is 891 g/mol. The highest BCUT2D eigenvalue weighted by Crippen LogP contribution is 2.62. The average Bonchev–Trinajstić information content (AvgIpc) is 3.80. The number of aromatic amines is 1. The molecule has 7 atom stereocenters. The van der Waals surface area contributed by atoms with Crippen LogP contribution in [0.5, 0.6) is 34.5 Å². The van der Waals surface area contributed by atoms with Gasteiger partial charge in [-0.3, -0.25) is 19.9 Å². The summed E-state index contributed by atoms with van der Waals surface area (Å²) in [6.07, 6.45) is 1.25. The largest absolute Gasteiger partial charge is 0.508 e. The fourth-order valence-corrected chi connectivity index (χ4v) is 11.5. The number of phenols is 2. The Balaban J connectivity index is 1.22. The Morgan fingerprint density at radius 1 is 1.18 bits per heavy atom. The molecule has 1 aromatic heterocycles. The van der Waals surface area contributed by atoms with Crippen molar-refractivity contribution in [3.63, 3.8) is 0 Å². The van der Waals surface area contributed by atoms with E-state index >= 15 is 0 Å². The number of nitrogens with one attached hydrogen (secondary N) is 2. The van der Waals surface area contributed by atoms with E-state index in [0.717, 1.165) is 39.7 Å². The molecule has 0 aliphatic carbocycles. The smallest absolute Gasteiger partial charge is 0.308 e. The number of methoxy groups -OCH3 is 1. The number of carbonyl (C=O) groups is 1. The van der Waals surface area contributed by atoms with Crippen LogP contribution in [-0.2, 0) is 25.9 Å². The van der Waals surface area contributed by atoms with Crippen molar-refractivity contribution >= 4 is 52.1 Å². The van der Waals surface area contributed by atoms with Crippen molar-refractivity contribution in [1.29, 1.82) is 5.26 Å². The number of H-pyrrole nitrogens is 1. The Labute approximate surface area is 343 Å². The van der Waals surface area contributed by atoms with E-state index in [1.807, 2.05) is 33.0 Å². The van der Waals surface area contributed by atoms with Crippen LogP contribution in [0.15, 0.2) is 36.6 Å². The van der Waals surface area contributed by atoms with Crippen molar-refractivity contribution in [3.8, 4) is 40.6 Å². The van der Waals surface area contributed by atoms with E-state index in [4.69, 9.17) is 36.3 Å². The molecule has 15 heteroatoms. The molecular formula is C41H42IN5O8S. The number of thiol groups is 1. The number of nitriles is 1. The molecule has 5 aliphatic heterocycles. The Bertz CT molecular complexity index is 2410. The number of hydrogen-bond acceptors (Lipinski definition) is 13. The number of nitrogens with zero attached hydrogens (tertiary/aromatic N) is 3. The van der Waals surface area contributed by atoms with E-state index in [9.17, 15) is 20.3 Å². The van der Waals surface area contributed by atoms with Gasteiger partial charge in [-0.2, -0.15) is 17.9 Å². The second kappa shape index (κ2) is 13.4. The molecule has 1 saturated heterocycles. The highest BCUT2D eigenvalue weighted by molar-refractivity contribution is 14.1. The zero-order chi connectivity index (χ0) is 39.5. The highest BCUT2D eigenvalue weighted by atomic mass is 127. The van der Waals surface area contributed by atoms with Gasteiger partial charge in [0.1, 0.15) is 29.9 Å². The van der Waals surface area contributed by atoms with E-state index in [-0.39, 0.29) is 30.9 Å². The number of aromatic hydroxyl groups is 2. The third-order valence-corrected chi connectivity index (χ3v) is 14.4. The minimum Gasteiger partial charge on any atom is -0.508 e. The van der Waals surface area contributed by atoms with Crippen LogP contribution >= 0.6 is 35.2 Å². The fraction of sp³-hybridized carbons (Fsp3) is 0.415. The normalized spacial score (nSPS) is 27.4. The summed E-state index contributed by atoms with van der Waals surface area (Å²) in [5.41, 5.74) is 7.21. The van der Waals surface area contributed by atoms with Crippen molar-refractivity contribution in [2.75, 3.05) is 34.1 Å². The van der Waals surface area contributed by atoms with Gasteiger partial charge in [-0.25, -0.2) is 0 Å². The van der Waals surface area contributed by atoms with E-state index in [2.05, 4.69) is 55.3 Å². The first kappa shape index (κ1) is 37.2. The van der Waals surface area contributed by atoms with Gasteiger partial charge >= 0.3 is 5.97 Å². The molecule has 2 unspecified atom stereocenters. The fourth-order valence-electron chi connectivity index (χ4n) is 10.0. The molecule has 6 heterocycles. The molecule has 2 bridgehead atoms. The number of aromatic nitrogens is 1. The summed E-state index contributed by atoms with van der Waals surface area (Å²) >= 11 is 7.69. The van der Waals surface area contributed by atoms with E-state index in [1.54, 1.807) is 19.2 Å². The topological polar surface area (TPSA) is 162 Å². The van der Waals surface area contributed by atoms with Gasteiger partial charge in [0.25, 0.3) is 0 Å². The summed E-state index contributed by atoms with van der Waals surface area (Å²) in [4.78, 5) is 20.7. The quantitative estimate of drug-likeness (QED) is 0.0292. The second-order valence-electron chi connectivity index (χ2n) is 15.2. The van der Waals surface area contributed by atoms with Gasteiger partial charge in [0.2, 0.25) is 6.79 Å². The number of piperazine rings is 1. The van der Waals surface area contributed by atoms with Crippen LogP contribution in [0, 0.1) is 25.2 Å². The molecule has 292 valence electrons. The van der Waals surface area contributed by atoms with Crippen LogP contribution in [0.2, 0.25) is 0 Å². The van der Waals surface area contributed by atoms with Gasteiger partial charge in [-0.1, -0.05) is 12.6 Å². The lowest BCUT2D eigenvalue weighted by Gasteiger charge is -2.61. The van der Waals surface area contributed by atoms with E-state index < -0.39 is 38.9 Å². The number of phenolic OH excluding ortho intramolecular Hbond substituents is 2. The third-order valence-electron chi connectivity index (χ3n) is 12.4. The highest BCUT2D eigenvalue weighted by Gasteiger charge is 2.60. The number of esters is 1. The minimum absolute atomic E-state index is 0.0291. The van der Waals surface area contributed by atoms with Crippen LogP contribution in [0.25, 0.3) is 10.9 Å². The number of halogens is 1. The number of carbonyl (C=O) groups excluding carboxylic acids is 1. The lowest BCUT2D eigenvalue weighted by Crippen LogP contribution is -2.69. The Morgan fingerprint density at radius 2 is 1.95 bits per heavy atom. The molecule has 9 rings (SSSR count). The lowest BCUT2D eigenvalue weighted by molar-refractivity contribution is -0.132. The van der Waals surface area contributed by atoms with Crippen molar-refractivity contribution in [2.45, 2.75) is 72.6 Å². The Morgan fingerprint density at radius 3 is 2.68 bits per heavy atom. The molecule has 0 radical (unpaired) electrons. The molecule has 56 heavy (non-hydrogen) atoms. The summed E-state index contributed by atoms with van der Waals surface area (Å²) in [7, 11) is 3.53. The standard InChI is InChI=1S/C41H42IN5O8S/c1-17-11-21-12-26-27(14-43)47-28(15-52-19(3)41(42)40-23(9-10-44-41)24-13-22(49)7-8-25(24)45-40)30-31(36(55-20(4)48)18(2)37-38(30)54-16-53-37)39(56)33(47)32(46(26)5)29(21)34(50)35(17)51-6/h7-8,11,13,26-28,32-33,39,44-45,49-50,56H,3,9-10,12,15-16H2,1-2,4-6H3/t26-,27+,28+,32?,33?,39-,41+/m1/s1. The number of fused-ring (bicyclic) bond motifs is 12. The zero-order valence-electron chi connectivity index (χ0n) is 31.5. The van der Waals surface area contributed by atoms with Crippen molar-refractivity contribution in [2.24, 2.45) is 0 Å². The molecule has 4 aromatic rings. The second-order valence-corrected chi connectivity index (χ2v) is 17.4. The molecule has 0 spiro atoms. The zero-order valence-corrected chi connectivity index (χ0v) is 34.6. The van der Waals surface area contributed by atoms with Crippen molar-refractivity contribution in [3.05, 3.63) is 81.2 Å². The van der Waals surface area contributed by atoms with E-state index in [1.165, 1.54) is 6.92 Å². The minimum atomic E-state index is -0.868. The van der Waals surface area contributed by atoms with Gasteiger partial charge in [0.05, 0.1) is 31.0 Å². The van der Waals surface area contributed by atoms with Gasteiger partial charge in [-0.05, 0) is 91.2 Å². The first-order valence-corrected chi connectivity index (χ1v) is 20.1. The summed E-state index contributed by atoms with van der Waals surface area (Å²) in [6, 6.07) is 7.42. The molecule has 5 aliphatic rings. The molecule has 3 aromatic carbocycles. The van der Waals surface area contributed by atoms with Crippen LogP contribution in [0.4, 0.5) is 0 Å². The molecule has 13 nitrogen and oxygen atoms in total. The maximum Gasteiger partial charge on any atom is 0.308 e. The predicted octanol–water partition coefficient (Wildman–Crippen LogP) is 6.02. The van der Waals surface area contributed by atoms with Crippen LogP contribution in [0.1, 0.15) is 68.9 Å². The van der Waals surface area contributed by atoms with Gasteiger partial charge in [-0.15, -0.1) is 0 Å². The first-order chi connectivity index (χ1) is 26.8. The number of likely N-dealkylation sites (N-methyl/N-ethyl adjacent to an activating group) is 1. The number of alkyl halides is 1. The van der Waals surface area contributed by atoms with Crippen LogP contribution in [-0.4, -0.2) is 83.2 Å². The maximum atomic E-state index is 12.8. The van der Waals surface area contributed by atoms with Gasteiger partial charge in [0.15, 0.2) is 26.5 Å². The average molecular weight is 892 g/mol. The molecule has 0 amide bonds. The SMILES string of the molecule is C=C(OC[C@H]1c2c3c(c(C)c(OC(C)=O)c2[C@@H](S)C2C4c5c(cc(C)c(OC)c5O)C[C@H]([C@H](C#N)N21)N4C)OCO3)[C@]1(I)NCCc2c1[nH]c1ccc(O)cc21. The molecule has 0 saturated carbocycles. The predicted molar refractivity (Wildman–Crippen MR) is 218 cm³/mol. The van der Waals surface area contributed by atoms with Gasteiger partial charge < -0.3 is 38.9 Å². The molecule has 1 fully saturated rings. The van der Waals surface area contributed by atoms with Gasteiger partial charge in [0, 0.05) is 64.0 Å². The summed E-state index contributed by atoms with van der Waals surface area (Å²) < 4.78 is 30.0. The Hall–Kier alpha value is -4.34. The third kappa shape index (κ3) is 5.18. The summed E-state index contributed by atoms with van der Waals surface area (Å²) in [5.74, 6) is 1.84. The van der Waals surface area contributed by atoms with E-state index in [0.29, 0.717) is 64.0 Å². The number of rotatable bonds is 6. The number of benzene rings is 3. The molecule has 4 N–H and O–H groups in total. The molecular weight excluding hydrogens is 849 g/mol. The number of aryl methyl sites for hydroxylation is 1. The van der Waals surface area contributed by atoms with Crippen LogP contribution in [0.3, 0.4) is 0 Å². The van der Waals surface area contributed by atoms with Crippen molar-refractivity contribution < 1.29 is 38.7 Å². The van der Waals surface area contributed by atoms with Crippen LogP contribution < -0.4 is 24.3 Å². The Kier molecular flexibility index (Phi) is 8.89. The number of ether oxygens (including phenoxy) is 5. The first-order valence-electron chi connectivity index (χ1n) is 18.5. The maximum absolute atomic E-state index is 12.8. The van der Waals surface area contributed by atoms with Crippen molar-refractivity contribution in [1.82, 2.24) is 20.1 Å². The number of hydrogen-bond donors (Lipinski definition) is 5. The summed E-state index contributed by atoms with van der Waals surface area (Å²) in [5, 5.41) is 37.3. The summed E-state index contributed by atoms with van der Waals surface area (Å²) in [6.45, 7) is 10.2.